The van der Waals surface area contributed by atoms with Crippen LogP contribution in [0.5, 0.6) is 0 Å². The highest BCUT2D eigenvalue weighted by Crippen LogP contribution is 2.20. The lowest BCUT2D eigenvalue weighted by Crippen LogP contribution is -2.27. The molecule has 18 heavy (non-hydrogen) atoms. The molecule has 1 amide bonds. The Morgan fingerprint density at radius 1 is 1.33 bits per heavy atom. The summed E-state index contributed by atoms with van der Waals surface area (Å²) in [4.78, 5) is 11.5. The molecule has 0 unspecified atom stereocenters. The van der Waals surface area contributed by atoms with Crippen molar-refractivity contribution in [2.45, 2.75) is 44.9 Å². The molecule has 1 fully saturated rings. The molecule has 1 aromatic carbocycles. The maximum Gasteiger partial charge on any atom is 0.407 e. The molecule has 4 heteroatoms. The summed E-state index contributed by atoms with van der Waals surface area (Å²) in [6.45, 7) is 0.444. The van der Waals surface area contributed by atoms with Gasteiger partial charge in [0.25, 0.3) is 0 Å². The minimum absolute atomic E-state index is 0.0142. The molecule has 2 rings (SSSR count). The quantitative estimate of drug-likeness (QED) is 0.861. The maximum atomic E-state index is 11.5. The van der Waals surface area contributed by atoms with Gasteiger partial charge in [-0.1, -0.05) is 24.3 Å². The topological polar surface area (TPSA) is 58.6 Å². The zero-order valence-electron chi connectivity index (χ0n) is 10.4. The van der Waals surface area contributed by atoms with E-state index in [4.69, 9.17) is 9.84 Å². The number of carbonyl (C=O) groups is 1. The molecule has 1 aromatic rings. The molecule has 1 aliphatic rings. The lowest BCUT2D eigenvalue weighted by molar-refractivity contribution is 0.101. The number of alkyl carbamates (subject to hydrolysis) is 1. The molecule has 1 aliphatic carbocycles. The highest BCUT2D eigenvalue weighted by atomic mass is 16.6. The molecule has 2 N–H and O–H groups in total. The van der Waals surface area contributed by atoms with Crippen molar-refractivity contribution in [2.24, 2.45) is 0 Å². The number of amides is 1. The van der Waals surface area contributed by atoms with Gasteiger partial charge in [-0.3, -0.25) is 0 Å². The average molecular weight is 249 g/mol. The van der Waals surface area contributed by atoms with Crippen molar-refractivity contribution in [1.82, 2.24) is 5.32 Å². The summed E-state index contributed by atoms with van der Waals surface area (Å²) < 4.78 is 5.29. The van der Waals surface area contributed by atoms with Crippen LogP contribution in [0.15, 0.2) is 24.3 Å². The summed E-state index contributed by atoms with van der Waals surface area (Å²) in [6, 6.07) is 7.50. The van der Waals surface area contributed by atoms with Gasteiger partial charge in [0.15, 0.2) is 0 Å². The Hall–Kier alpha value is -1.55. The fraction of sp³-hybridized carbons (Fsp3) is 0.500. The fourth-order valence-electron chi connectivity index (χ4n) is 2.21. The first-order chi connectivity index (χ1) is 8.78. The van der Waals surface area contributed by atoms with Crippen molar-refractivity contribution in [1.29, 1.82) is 0 Å². The van der Waals surface area contributed by atoms with Crippen molar-refractivity contribution in [3.05, 3.63) is 35.4 Å². The van der Waals surface area contributed by atoms with Gasteiger partial charge in [-0.2, -0.15) is 0 Å². The summed E-state index contributed by atoms with van der Waals surface area (Å²) in [7, 11) is 0. The third kappa shape index (κ3) is 3.74. The Labute approximate surface area is 107 Å². The van der Waals surface area contributed by atoms with Crippen LogP contribution in [0.2, 0.25) is 0 Å². The summed E-state index contributed by atoms with van der Waals surface area (Å²) in [5, 5.41) is 11.8. The minimum Gasteiger partial charge on any atom is -0.446 e. The second-order valence-electron chi connectivity index (χ2n) is 4.64. The second-order valence-corrected chi connectivity index (χ2v) is 4.64. The average Bonchev–Trinajstić information content (AvgIpc) is 2.89. The van der Waals surface area contributed by atoms with Crippen LogP contribution in [0.25, 0.3) is 0 Å². The normalized spacial score (nSPS) is 15.6. The predicted octanol–water partition coefficient (Wildman–Crippen LogP) is 2.35. The molecule has 0 radical (unpaired) electrons. The number of aliphatic hydroxyl groups is 1. The van der Waals surface area contributed by atoms with Crippen LogP contribution >= 0.6 is 0 Å². The van der Waals surface area contributed by atoms with Crippen molar-refractivity contribution in [2.75, 3.05) is 0 Å². The van der Waals surface area contributed by atoms with Crippen LogP contribution in [-0.2, 0) is 17.9 Å². The molecule has 1 saturated carbocycles. The van der Waals surface area contributed by atoms with E-state index in [0.717, 1.165) is 36.8 Å². The number of hydrogen-bond donors (Lipinski definition) is 2. The monoisotopic (exact) mass is 249 g/mol. The van der Waals surface area contributed by atoms with Crippen LogP contribution in [0.3, 0.4) is 0 Å². The predicted molar refractivity (Wildman–Crippen MR) is 67.9 cm³/mol. The first-order valence-corrected chi connectivity index (χ1v) is 6.41. The van der Waals surface area contributed by atoms with Crippen LogP contribution in [-0.4, -0.2) is 17.3 Å². The van der Waals surface area contributed by atoms with Gasteiger partial charge in [-0.05, 0) is 36.8 Å². The van der Waals surface area contributed by atoms with Gasteiger partial charge in [0, 0.05) is 6.54 Å². The van der Waals surface area contributed by atoms with Crippen LogP contribution in [0.4, 0.5) is 4.79 Å². The number of rotatable bonds is 4. The largest absolute Gasteiger partial charge is 0.446 e. The maximum absolute atomic E-state index is 11.5. The van der Waals surface area contributed by atoms with Gasteiger partial charge in [-0.15, -0.1) is 0 Å². The van der Waals surface area contributed by atoms with Gasteiger partial charge in [-0.25, -0.2) is 4.79 Å². The first-order valence-electron chi connectivity index (χ1n) is 6.41. The zero-order chi connectivity index (χ0) is 12.8. The Morgan fingerprint density at radius 2 is 2.06 bits per heavy atom. The number of ether oxygens (including phenoxy) is 1. The summed E-state index contributed by atoms with van der Waals surface area (Å²) in [6.07, 6.45) is 4.00. The molecule has 0 aliphatic heterocycles. The molecule has 0 bridgehead atoms. The molecule has 98 valence electrons. The van der Waals surface area contributed by atoms with Crippen LogP contribution in [0, 0.1) is 0 Å². The molecular weight excluding hydrogens is 230 g/mol. The summed E-state index contributed by atoms with van der Waals surface area (Å²) in [5.41, 5.74) is 1.81. The lowest BCUT2D eigenvalue weighted by Gasteiger charge is -2.12. The zero-order valence-corrected chi connectivity index (χ0v) is 10.4. The van der Waals surface area contributed by atoms with E-state index in [1.807, 2.05) is 24.3 Å². The van der Waals surface area contributed by atoms with Gasteiger partial charge in [0.2, 0.25) is 0 Å². The standard InChI is InChI=1S/C14H19NO3/c16-10-12-5-3-4-11(8-12)9-15-14(17)18-13-6-1-2-7-13/h3-5,8,13,16H,1-2,6-7,9-10H2,(H,15,17). The Kier molecular flexibility index (Phi) is 4.59. The summed E-state index contributed by atoms with van der Waals surface area (Å²) in [5.74, 6) is 0. The number of benzene rings is 1. The third-order valence-electron chi connectivity index (χ3n) is 3.19. The van der Waals surface area contributed by atoms with E-state index in [-0.39, 0.29) is 18.8 Å². The van der Waals surface area contributed by atoms with Crippen LogP contribution in [0.1, 0.15) is 36.8 Å². The van der Waals surface area contributed by atoms with E-state index in [9.17, 15) is 4.79 Å². The van der Waals surface area contributed by atoms with Crippen molar-refractivity contribution >= 4 is 6.09 Å². The molecule has 4 nitrogen and oxygen atoms in total. The number of nitrogens with one attached hydrogen (secondary N) is 1. The fourth-order valence-corrected chi connectivity index (χ4v) is 2.21. The van der Waals surface area contributed by atoms with Gasteiger partial charge < -0.3 is 15.2 Å². The van der Waals surface area contributed by atoms with Crippen molar-refractivity contribution in [3.8, 4) is 0 Å². The first kappa shape index (κ1) is 12.9. The van der Waals surface area contributed by atoms with Gasteiger partial charge >= 0.3 is 6.09 Å². The van der Waals surface area contributed by atoms with Gasteiger partial charge in [0.05, 0.1) is 6.61 Å². The molecular formula is C14H19NO3. The van der Waals surface area contributed by atoms with E-state index in [1.165, 1.54) is 0 Å². The minimum atomic E-state index is -0.351. The molecule has 0 heterocycles. The second kappa shape index (κ2) is 6.40. The lowest BCUT2D eigenvalue weighted by atomic mass is 10.1. The van der Waals surface area contributed by atoms with Crippen molar-refractivity contribution < 1.29 is 14.6 Å². The van der Waals surface area contributed by atoms with E-state index in [0.29, 0.717) is 6.54 Å². The van der Waals surface area contributed by atoms with Gasteiger partial charge in [0.1, 0.15) is 6.10 Å². The van der Waals surface area contributed by atoms with E-state index in [2.05, 4.69) is 5.32 Å². The van der Waals surface area contributed by atoms with Crippen molar-refractivity contribution in [3.63, 3.8) is 0 Å². The van der Waals surface area contributed by atoms with E-state index < -0.39 is 0 Å². The summed E-state index contributed by atoms with van der Waals surface area (Å²) >= 11 is 0. The highest BCUT2D eigenvalue weighted by Gasteiger charge is 2.18. The van der Waals surface area contributed by atoms with E-state index >= 15 is 0 Å². The molecule has 0 aromatic heterocycles. The number of aliphatic hydroxyl groups excluding tert-OH is 1. The van der Waals surface area contributed by atoms with E-state index in [1.54, 1.807) is 0 Å². The molecule has 0 atom stereocenters. The van der Waals surface area contributed by atoms with Crippen LogP contribution < -0.4 is 5.32 Å². The smallest absolute Gasteiger partial charge is 0.407 e. The highest BCUT2D eigenvalue weighted by molar-refractivity contribution is 5.67. The third-order valence-corrected chi connectivity index (χ3v) is 3.19. The Balaban J connectivity index is 1.77. The Morgan fingerprint density at radius 3 is 2.78 bits per heavy atom. The SMILES string of the molecule is O=C(NCc1cccc(CO)c1)OC1CCCC1. The number of carbonyl (C=O) groups excluding carboxylic acids is 1. The molecule has 0 saturated heterocycles. The number of hydrogen-bond acceptors (Lipinski definition) is 3. The molecule has 0 spiro atoms. The Bertz CT molecular complexity index is 400.